The van der Waals surface area contributed by atoms with Crippen molar-refractivity contribution in [1.82, 2.24) is 20.2 Å². The fourth-order valence-corrected chi connectivity index (χ4v) is 5.97. The van der Waals surface area contributed by atoms with Crippen LogP contribution in [0.5, 0.6) is 0 Å². The number of nitrogens with zero attached hydrogens (tertiary/aromatic N) is 6. The zero-order valence-corrected chi connectivity index (χ0v) is 28.0. The molecule has 3 heterocycles. The number of sulfonamides is 2. The first-order valence-electron chi connectivity index (χ1n) is 14.3. The molecule has 19 heteroatoms. The summed E-state index contributed by atoms with van der Waals surface area (Å²) < 4.78 is 107. The van der Waals surface area contributed by atoms with Crippen molar-refractivity contribution in [3.05, 3.63) is 120 Å². The summed E-state index contributed by atoms with van der Waals surface area (Å²) in [5.41, 5.74) is 7.06. The maximum atomic E-state index is 13.4. The third-order valence-electron chi connectivity index (χ3n) is 6.64. The van der Waals surface area contributed by atoms with Gasteiger partial charge in [0.15, 0.2) is 5.78 Å². The van der Waals surface area contributed by atoms with E-state index in [0.717, 1.165) is 33.3 Å². The van der Waals surface area contributed by atoms with Gasteiger partial charge in [0, 0.05) is 18.0 Å². The normalized spacial score (nSPS) is 11.5. The molecule has 0 spiro atoms. The van der Waals surface area contributed by atoms with Crippen molar-refractivity contribution < 1.29 is 43.6 Å². The lowest BCUT2D eigenvalue weighted by atomic mass is 10.2. The standard InChI is InChI=1S/C16H13F3N4O3S.C15H16FN3O3S/c1-27(24,25)23(13-4-2-3-11(17)7-13)9-12-6-5-10(8-20-12)15-21-22-16(26-15)14(18)19;1-23(21,22)19(14-4-2-3-12(16)7-14)10-13-6-5-11(9-18-13)15(20)8-17/h2-8,14H,9H2,1H3;2-7,9H,8,10,17H2,1H3. The Morgan fingerprint density at radius 3 is 1.68 bits per heavy atom. The Kier molecular flexibility index (Phi) is 12.0. The molecule has 13 nitrogen and oxygen atoms in total. The molecule has 0 aliphatic heterocycles. The highest BCUT2D eigenvalue weighted by Crippen LogP contribution is 2.25. The van der Waals surface area contributed by atoms with Gasteiger partial charge in [-0.05, 0) is 60.7 Å². The maximum absolute atomic E-state index is 13.4. The van der Waals surface area contributed by atoms with Gasteiger partial charge in [0.1, 0.15) is 11.6 Å². The number of carbonyl (C=O) groups excluding carboxylic acids is 1. The molecule has 0 saturated carbocycles. The number of ketones is 1. The lowest BCUT2D eigenvalue weighted by Gasteiger charge is -2.22. The van der Waals surface area contributed by atoms with E-state index in [4.69, 9.17) is 10.2 Å². The van der Waals surface area contributed by atoms with Crippen LogP contribution in [0.3, 0.4) is 0 Å². The lowest BCUT2D eigenvalue weighted by Crippen LogP contribution is -2.29. The summed E-state index contributed by atoms with van der Waals surface area (Å²) in [6.07, 6.45) is 1.79. The number of benzene rings is 2. The zero-order valence-electron chi connectivity index (χ0n) is 26.3. The number of aromatic nitrogens is 4. The molecule has 2 aromatic carbocycles. The predicted octanol–water partition coefficient (Wildman–Crippen LogP) is 4.50. The van der Waals surface area contributed by atoms with Crippen LogP contribution in [0, 0.1) is 11.6 Å². The van der Waals surface area contributed by atoms with Crippen molar-refractivity contribution in [2.75, 3.05) is 27.7 Å². The van der Waals surface area contributed by atoms with Crippen LogP contribution in [-0.2, 0) is 33.1 Å². The summed E-state index contributed by atoms with van der Waals surface area (Å²) in [6.45, 7) is -0.339. The minimum atomic E-state index is -3.70. The van der Waals surface area contributed by atoms with Gasteiger partial charge >= 0.3 is 6.43 Å². The summed E-state index contributed by atoms with van der Waals surface area (Å²) in [5, 5.41) is 6.74. The molecule has 5 aromatic rings. The van der Waals surface area contributed by atoms with E-state index in [0.29, 0.717) is 22.5 Å². The minimum absolute atomic E-state index is 0.0701. The lowest BCUT2D eigenvalue weighted by molar-refractivity contribution is 0.100. The van der Waals surface area contributed by atoms with E-state index in [-0.39, 0.29) is 42.7 Å². The number of pyridine rings is 2. The molecule has 0 bridgehead atoms. The van der Waals surface area contributed by atoms with Crippen LogP contribution in [0.4, 0.5) is 28.9 Å². The van der Waals surface area contributed by atoms with Crippen molar-refractivity contribution in [1.29, 1.82) is 0 Å². The fraction of sp³-hybridized carbons (Fsp3) is 0.194. The van der Waals surface area contributed by atoms with Gasteiger partial charge < -0.3 is 10.2 Å². The summed E-state index contributed by atoms with van der Waals surface area (Å²) >= 11 is 0. The third kappa shape index (κ3) is 10.1. The van der Waals surface area contributed by atoms with Gasteiger partial charge in [-0.1, -0.05) is 12.1 Å². The molecular formula is C31H29F4N7O6S2. The smallest absolute Gasteiger partial charge is 0.314 e. The Hall–Kier alpha value is -5.27. The molecule has 264 valence electrons. The third-order valence-corrected chi connectivity index (χ3v) is 8.92. The quantitative estimate of drug-likeness (QED) is 0.141. The largest absolute Gasteiger partial charge is 0.415 e. The number of nitrogens with two attached hydrogens (primary N) is 1. The monoisotopic (exact) mass is 735 g/mol. The molecule has 0 unspecified atom stereocenters. The van der Waals surface area contributed by atoms with Crippen molar-refractivity contribution in [3.63, 3.8) is 0 Å². The number of carbonyl (C=O) groups is 1. The van der Waals surface area contributed by atoms with Crippen LogP contribution in [0.15, 0.2) is 89.6 Å². The number of hydrogen-bond acceptors (Lipinski definition) is 11. The summed E-state index contributed by atoms with van der Waals surface area (Å²) in [4.78, 5) is 19.6. The van der Waals surface area contributed by atoms with Crippen molar-refractivity contribution in [2.24, 2.45) is 5.73 Å². The number of Topliss-reactive ketones (excluding diaryl/α,β-unsaturated/α-hetero) is 1. The molecule has 0 atom stereocenters. The Labute approximate surface area is 284 Å². The van der Waals surface area contributed by atoms with Gasteiger partial charge in [-0.15, -0.1) is 10.2 Å². The average Bonchev–Trinajstić information content (AvgIpc) is 3.57. The molecule has 0 amide bonds. The first kappa shape index (κ1) is 37.5. The minimum Gasteiger partial charge on any atom is -0.415 e. The van der Waals surface area contributed by atoms with Crippen molar-refractivity contribution in [2.45, 2.75) is 19.5 Å². The maximum Gasteiger partial charge on any atom is 0.314 e. The summed E-state index contributed by atoms with van der Waals surface area (Å²) in [6, 6.07) is 16.5. The van der Waals surface area contributed by atoms with E-state index < -0.39 is 44.0 Å². The number of halogens is 4. The van der Waals surface area contributed by atoms with Crippen LogP contribution >= 0.6 is 0 Å². The zero-order chi connectivity index (χ0) is 36.6. The van der Waals surface area contributed by atoms with Gasteiger partial charge in [0.05, 0.1) is 60.5 Å². The topological polar surface area (TPSA) is 183 Å². The Bertz CT molecular complexity index is 2150. The highest BCUT2D eigenvalue weighted by atomic mass is 32.2. The SMILES string of the molecule is CS(=O)(=O)N(Cc1ccc(-c2nnc(C(F)F)o2)cn1)c1cccc(F)c1.CS(=O)(=O)N(Cc1ccc(C(=O)CN)cn1)c1cccc(F)c1. The van der Waals surface area contributed by atoms with E-state index in [2.05, 4.69) is 20.2 Å². The second-order valence-corrected chi connectivity index (χ2v) is 14.3. The van der Waals surface area contributed by atoms with Gasteiger partial charge in [-0.25, -0.2) is 25.6 Å². The number of anilines is 2. The molecule has 0 aliphatic carbocycles. The van der Waals surface area contributed by atoms with Crippen LogP contribution in [-0.4, -0.2) is 61.8 Å². The molecular weight excluding hydrogens is 707 g/mol. The van der Waals surface area contributed by atoms with Gasteiger partial charge in [0.2, 0.25) is 25.9 Å². The van der Waals surface area contributed by atoms with Crippen LogP contribution in [0.2, 0.25) is 0 Å². The average molecular weight is 736 g/mol. The Morgan fingerprint density at radius 1 is 0.780 bits per heavy atom. The first-order valence-corrected chi connectivity index (χ1v) is 18.0. The fourth-order valence-electron chi connectivity index (χ4n) is 4.24. The molecule has 0 radical (unpaired) electrons. The molecule has 5 rings (SSSR count). The van der Waals surface area contributed by atoms with E-state index in [1.807, 2.05) is 0 Å². The molecule has 50 heavy (non-hydrogen) atoms. The van der Waals surface area contributed by atoms with Crippen molar-refractivity contribution in [3.8, 4) is 11.5 Å². The molecule has 0 saturated heterocycles. The molecule has 0 fully saturated rings. The van der Waals surface area contributed by atoms with Gasteiger partial charge in [-0.3, -0.25) is 23.4 Å². The van der Waals surface area contributed by atoms with Gasteiger partial charge in [0.25, 0.3) is 5.89 Å². The van der Waals surface area contributed by atoms with E-state index >= 15 is 0 Å². The Balaban J connectivity index is 0.000000228. The predicted molar refractivity (Wildman–Crippen MR) is 175 cm³/mol. The summed E-state index contributed by atoms with van der Waals surface area (Å²) in [7, 11) is -7.32. The van der Waals surface area contributed by atoms with E-state index in [1.54, 1.807) is 6.07 Å². The second kappa shape index (κ2) is 16.0. The molecule has 2 N–H and O–H groups in total. The highest BCUT2D eigenvalue weighted by molar-refractivity contribution is 7.92. The first-order chi connectivity index (χ1) is 23.5. The molecule has 3 aromatic heterocycles. The van der Waals surface area contributed by atoms with Crippen LogP contribution < -0.4 is 14.3 Å². The van der Waals surface area contributed by atoms with E-state index in [1.165, 1.54) is 67.0 Å². The van der Waals surface area contributed by atoms with Crippen molar-refractivity contribution >= 4 is 37.2 Å². The number of rotatable bonds is 12. The number of alkyl halides is 2. The molecule has 0 aliphatic rings. The van der Waals surface area contributed by atoms with E-state index in [9.17, 15) is 39.2 Å². The van der Waals surface area contributed by atoms with Crippen LogP contribution in [0.25, 0.3) is 11.5 Å². The Morgan fingerprint density at radius 2 is 1.30 bits per heavy atom. The number of hydrogen-bond donors (Lipinski definition) is 1. The van der Waals surface area contributed by atoms with Gasteiger partial charge in [-0.2, -0.15) is 8.78 Å². The summed E-state index contributed by atoms with van der Waals surface area (Å²) in [5.74, 6) is -2.30. The highest BCUT2D eigenvalue weighted by Gasteiger charge is 2.21. The van der Waals surface area contributed by atoms with Crippen LogP contribution in [0.1, 0.15) is 34.1 Å². The second-order valence-electron chi connectivity index (χ2n) is 10.4.